The van der Waals surface area contributed by atoms with Crippen LogP contribution in [0.15, 0.2) is 12.4 Å². The van der Waals surface area contributed by atoms with E-state index < -0.39 is 0 Å². The zero-order chi connectivity index (χ0) is 10.8. The van der Waals surface area contributed by atoms with Crippen molar-refractivity contribution < 1.29 is 0 Å². The lowest BCUT2D eigenvalue weighted by atomic mass is 9.84. The zero-order valence-corrected chi connectivity index (χ0v) is 9.86. The van der Waals surface area contributed by atoms with E-state index in [1.165, 1.54) is 57.4 Å². The van der Waals surface area contributed by atoms with Crippen molar-refractivity contribution in [2.24, 2.45) is 5.92 Å². The molecule has 3 nitrogen and oxygen atoms in total. The number of aromatic nitrogens is 2. The Balaban J connectivity index is 1.68. The first-order valence-corrected chi connectivity index (χ1v) is 6.67. The van der Waals surface area contributed by atoms with E-state index in [2.05, 4.69) is 14.9 Å². The first-order valence-electron chi connectivity index (χ1n) is 6.67. The summed E-state index contributed by atoms with van der Waals surface area (Å²) in [7, 11) is 0. The molecular weight excluding hydrogens is 198 g/mol. The van der Waals surface area contributed by atoms with Crippen LogP contribution in [0.1, 0.15) is 50.4 Å². The highest BCUT2D eigenvalue weighted by atomic mass is 15.2. The Morgan fingerprint density at radius 3 is 2.88 bits per heavy atom. The number of likely N-dealkylation sites (tertiary alicyclic amines) is 1. The molecule has 1 atom stereocenters. The summed E-state index contributed by atoms with van der Waals surface area (Å²) in [6.07, 6.45) is 12.2. The van der Waals surface area contributed by atoms with E-state index in [0.717, 1.165) is 5.92 Å². The molecule has 0 radical (unpaired) electrons. The molecular formula is C13H21N3. The van der Waals surface area contributed by atoms with Gasteiger partial charge in [0.05, 0.1) is 6.04 Å². The van der Waals surface area contributed by atoms with Gasteiger partial charge in [-0.1, -0.05) is 12.8 Å². The van der Waals surface area contributed by atoms with Crippen LogP contribution in [0.25, 0.3) is 0 Å². The summed E-state index contributed by atoms with van der Waals surface area (Å²) in [5.41, 5.74) is 0. The molecule has 0 spiro atoms. The molecule has 0 aromatic carbocycles. The number of nitrogens with one attached hydrogen (secondary N) is 1. The van der Waals surface area contributed by atoms with Crippen molar-refractivity contribution in [1.29, 1.82) is 0 Å². The van der Waals surface area contributed by atoms with E-state index in [4.69, 9.17) is 0 Å². The van der Waals surface area contributed by atoms with Gasteiger partial charge >= 0.3 is 0 Å². The molecule has 0 amide bonds. The predicted molar refractivity (Wildman–Crippen MR) is 64.1 cm³/mol. The van der Waals surface area contributed by atoms with Gasteiger partial charge in [-0.05, 0) is 38.1 Å². The monoisotopic (exact) mass is 219 g/mol. The summed E-state index contributed by atoms with van der Waals surface area (Å²) in [6, 6.07) is 0.560. The molecule has 3 heteroatoms. The van der Waals surface area contributed by atoms with Crippen LogP contribution in [0.5, 0.6) is 0 Å². The molecule has 1 aromatic rings. The third-order valence-electron chi connectivity index (χ3n) is 4.17. The normalized spacial score (nSPS) is 27.9. The van der Waals surface area contributed by atoms with Crippen LogP contribution in [-0.2, 0) is 0 Å². The highest BCUT2D eigenvalue weighted by Gasteiger charge is 2.29. The molecule has 16 heavy (non-hydrogen) atoms. The van der Waals surface area contributed by atoms with Gasteiger partial charge in [-0.3, -0.25) is 4.90 Å². The van der Waals surface area contributed by atoms with Gasteiger partial charge in [-0.15, -0.1) is 0 Å². The molecule has 2 aliphatic rings. The van der Waals surface area contributed by atoms with Gasteiger partial charge in [0.15, 0.2) is 0 Å². The second-order valence-corrected chi connectivity index (χ2v) is 5.28. The second kappa shape index (κ2) is 4.58. The van der Waals surface area contributed by atoms with E-state index in [1.807, 2.05) is 12.4 Å². The number of hydrogen-bond donors (Lipinski definition) is 1. The Morgan fingerprint density at radius 1 is 1.25 bits per heavy atom. The summed E-state index contributed by atoms with van der Waals surface area (Å²) in [6.45, 7) is 2.56. The predicted octanol–water partition coefficient (Wildman–Crippen LogP) is 2.74. The highest BCUT2D eigenvalue weighted by molar-refractivity contribution is 4.98. The maximum atomic E-state index is 4.44. The number of hydrogen-bond acceptors (Lipinski definition) is 2. The first-order chi connectivity index (χ1) is 7.93. The van der Waals surface area contributed by atoms with Gasteiger partial charge in [0.25, 0.3) is 0 Å². The van der Waals surface area contributed by atoms with E-state index in [-0.39, 0.29) is 0 Å². The third kappa shape index (κ3) is 2.01. The molecule has 1 saturated carbocycles. The Labute approximate surface area is 97.3 Å². The van der Waals surface area contributed by atoms with Gasteiger partial charge in [0.1, 0.15) is 5.82 Å². The molecule has 1 saturated heterocycles. The lowest BCUT2D eigenvalue weighted by molar-refractivity contribution is 0.0963. The summed E-state index contributed by atoms with van der Waals surface area (Å²) >= 11 is 0. The summed E-state index contributed by atoms with van der Waals surface area (Å²) in [4.78, 5) is 10.4. The van der Waals surface area contributed by atoms with Crippen LogP contribution in [0.4, 0.5) is 0 Å². The largest absolute Gasteiger partial charge is 0.347 e. The first kappa shape index (κ1) is 10.3. The lowest BCUT2D eigenvalue weighted by Gasteiger charge is -2.39. The minimum atomic E-state index is 0.560. The van der Waals surface area contributed by atoms with E-state index >= 15 is 0 Å². The molecule has 2 fully saturated rings. The van der Waals surface area contributed by atoms with E-state index in [0.29, 0.717) is 6.04 Å². The van der Waals surface area contributed by atoms with Crippen LogP contribution in [0.3, 0.4) is 0 Å². The van der Waals surface area contributed by atoms with Crippen LogP contribution in [0.2, 0.25) is 0 Å². The average molecular weight is 219 g/mol. The van der Waals surface area contributed by atoms with Gasteiger partial charge in [0.2, 0.25) is 0 Å². The Hall–Kier alpha value is -0.830. The Morgan fingerprint density at radius 2 is 2.19 bits per heavy atom. The van der Waals surface area contributed by atoms with E-state index in [9.17, 15) is 0 Å². The number of aromatic amines is 1. The highest BCUT2D eigenvalue weighted by Crippen LogP contribution is 2.34. The van der Waals surface area contributed by atoms with Crippen molar-refractivity contribution in [3.05, 3.63) is 18.2 Å². The molecule has 2 heterocycles. The van der Waals surface area contributed by atoms with Gasteiger partial charge in [0, 0.05) is 18.9 Å². The topological polar surface area (TPSA) is 31.9 Å². The fourth-order valence-corrected chi connectivity index (χ4v) is 2.99. The van der Waals surface area contributed by atoms with E-state index in [1.54, 1.807) is 0 Å². The van der Waals surface area contributed by atoms with Crippen molar-refractivity contribution in [2.45, 2.75) is 44.6 Å². The molecule has 0 bridgehead atoms. The quantitative estimate of drug-likeness (QED) is 0.847. The van der Waals surface area contributed by atoms with Crippen molar-refractivity contribution in [3.8, 4) is 0 Å². The number of H-pyrrole nitrogens is 1. The summed E-state index contributed by atoms with van der Waals surface area (Å²) in [5, 5.41) is 0. The van der Waals surface area contributed by atoms with Crippen molar-refractivity contribution in [2.75, 3.05) is 13.1 Å². The van der Waals surface area contributed by atoms with Crippen LogP contribution >= 0.6 is 0 Å². The molecule has 3 rings (SSSR count). The molecule has 1 aromatic heterocycles. The summed E-state index contributed by atoms with van der Waals surface area (Å²) in [5.74, 6) is 2.15. The summed E-state index contributed by atoms with van der Waals surface area (Å²) < 4.78 is 0. The number of rotatable bonds is 3. The number of nitrogens with zero attached hydrogens (tertiary/aromatic N) is 2. The number of piperidine rings is 1. The Kier molecular flexibility index (Phi) is 2.96. The molecule has 0 unspecified atom stereocenters. The maximum absolute atomic E-state index is 4.44. The zero-order valence-electron chi connectivity index (χ0n) is 9.86. The van der Waals surface area contributed by atoms with Crippen molar-refractivity contribution >= 4 is 0 Å². The van der Waals surface area contributed by atoms with Crippen LogP contribution in [-0.4, -0.2) is 28.0 Å². The van der Waals surface area contributed by atoms with Gasteiger partial charge in [-0.2, -0.15) is 0 Å². The minimum absolute atomic E-state index is 0.560. The second-order valence-electron chi connectivity index (χ2n) is 5.28. The maximum Gasteiger partial charge on any atom is 0.123 e. The van der Waals surface area contributed by atoms with Gasteiger partial charge in [-0.25, -0.2) is 4.98 Å². The van der Waals surface area contributed by atoms with Crippen LogP contribution in [0, 0.1) is 5.92 Å². The fraction of sp³-hybridized carbons (Fsp3) is 0.769. The van der Waals surface area contributed by atoms with Gasteiger partial charge < -0.3 is 4.98 Å². The average Bonchev–Trinajstić information content (AvgIpc) is 2.77. The minimum Gasteiger partial charge on any atom is -0.347 e. The molecule has 88 valence electrons. The molecule has 1 N–H and O–H groups in total. The smallest absolute Gasteiger partial charge is 0.123 e. The van der Waals surface area contributed by atoms with Crippen molar-refractivity contribution in [1.82, 2.24) is 14.9 Å². The lowest BCUT2D eigenvalue weighted by Crippen LogP contribution is -2.39. The van der Waals surface area contributed by atoms with Crippen molar-refractivity contribution in [3.63, 3.8) is 0 Å². The Bertz CT molecular complexity index is 316. The fourth-order valence-electron chi connectivity index (χ4n) is 2.99. The molecule has 1 aliphatic carbocycles. The third-order valence-corrected chi connectivity index (χ3v) is 4.17. The molecule has 1 aliphatic heterocycles. The number of imidazole rings is 1. The standard InChI is InChI=1S/C13H21N3/c1-2-9-16(10-11-4-3-5-11)12(6-1)13-14-7-8-15-13/h7-8,11-12H,1-6,9-10H2,(H,14,15)/t12-/m0/s1. The SMILES string of the molecule is c1c[nH]c([C@@H]2CCCCN2CC2CCC2)n1. The van der Waals surface area contributed by atoms with Crippen LogP contribution < -0.4 is 0 Å².